The number of nitrogens with zero attached hydrogens (tertiary/aromatic N) is 3. The molecule has 3 aromatic rings. The molecule has 1 aromatic carbocycles. The van der Waals surface area contributed by atoms with Crippen molar-refractivity contribution in [2.24, 2.45) is 0 Å². The summed E-state index contributed by atoms with van der Waals surface area (Å²) in [6.07, 6.45) is -2.67. The predicted molar refractivity (Wildman–Crippen MR) is 82.6 cm³/mol. The van der Waals surface area contributed by atoms with E-state index in [1.54, 1.807) is 12.1 Å². The summed E-state index contributed by atoms with van der Waals surface area (Å²) in [7, 11) is 0. The highest BCUT2D eigenvalue weighted by molar-refractivity contribution is 6.21. The first kappa shape index (κ1) is 16.8. The van der Waals surface area contributed by atoms with Gasteiger partial charge >= 0.3 is 12.1 Å². The van der Waals surface area contributed by atoms with Crippen LogP contribution in [-0.4, -0.2) is 32.2 Å². The van der Waals surface area contributed by atoms with Gasteiger partial charge in [0.2, 0.25) is 0 Å². The molecule has 27 heavy (non-hydrogen) atoms. The third-order valence-electron chi connectivity index (χ3n) is 3.92. The number of amides is 2. The molecule has 1 aliphatic rings. The van der Waals surface area contributed by atoms with E-state index in [-0.39, 0.29) is 22.3 Å². The van der Waals surface area contributed by atoms with Gasteiger partial charge in [-0.25, -0.2) is 9.78 Å². The summed E-state index contributed by atoms with van der Waals surface area (Å²) < 4.78 is 39.3. The first-order valence-electron chi connectivity index (χ1n) is 7.52. The van der Waals surface area contributed by atoms with Gasteiger partial charge in [-0.1, -0.05) is 17.2 Å². The monoisotopic (exact) mass is 375 g/mol. The largest absolute Gasteiger partial charge is 0.434 e. The molecule has 0 N–H and O–H groups in total. The number of hydrogen-bond donors (Lipinski definition) is 0. The highest BCUT2D eigenvalue weighted by atomic mass is 19.4. The Kier molecular flexibility index (Phi) is 3.51. The maximum absolute atomic E-state index is 12.7. The Bertz CT molecular complexity index is 1090. The lowest BCUT2D eigenvalue weighted by Crippen LogP contribution is -2.32. The van der Waals surface area contributed by atoms with Gasteiger partial charge in [0.25, 0.3) is 11.8 Å². The Hall–Kier alpha value is -3.69. The lowest BCUT2D eigenvalue weighted by molar-refractivity contribution is -0.140. The normalized spacial score (nSPS) is 14.0. The minimum atomic E-state index is -4.63. The standard InChI is InChI=1S/C17H8F3N3O4/c18-17(19,20)12-8-22-6-5-9(7-13(22)21-12)16(26)27-23-14(24)10-3-1-2-4-11(10)15(23)25/h1-8H. The van der Waals surface area contributed by atoms with Gasteiger partial charge in [0.1, 0.15) is 5.65 Å². The molecular formula is C17H8F3N3O4. The Morgan fingerprint density at radius 3 is 2.26 bits per heavy atom. The van der Waals surface area contributed by atoms with Gasteiger partial charge < -0.3 is 9.24 Å². The van der Waals surface area contributed by atoms with Gasteiger partial charge in [-0.15, -0.1) is 0 Å². The summed E-state index contributed by atoms with van der Waals surface area (Å²) in [6.45, 7) is 0. The first-order chi connectivity index (χ1) is 12.8. The smallest absolute Gasteiger partial charge is 0.324 e. The number of pyridine rings is 1. The van der Waals surface area contributed by atoms with Crippen molar-refractivity contribution in [2.45, 2.75) is 6.18 Å². The average molecular weight is 375 g/mol. The lowest BCUT2D eigenvalue weighted by Gasteiger charge is -2.12. The van der Waals surface area contributed by atoms with E-state index in [0.717, 1.165) is 16.7 Å². The number of alkyl halides is 3. The number of benzene rings is 1. The van der Waals surface area contributed by atoms with Crippen LogP contribution >= 0.6 is 0 Å². The second-order valence-corrected chi connectivity index (χ2v) is 5.63. The van der Waals surface area contributed by atoms with Crippen LogP contribution < -0.4 is 0 Å². The molecule has 0 fully saturated rings. The minimum Gasteiger partial charge on any atom is -0.324 e. The van der Waals surface area contributed by atoms with E-state index in [4.69, 9.17) is 4.84 Å². The molecule has 4 rings (SSSR count). The summed E-state index contributed by atoms with van der Waals surface area (Å²) in [5, 5.41) is 0.323. The Labute approximate surface area is 148 Å². The second-order valence-electron chi connectivity index (χ2n) is 5.63. The Morgan fingerprint density at radius 1 is 1.04 bits per heavy atom. The van der Waals surface area contributed by atoms with Crippen LogP contribution in [0.25, 0.3) is 5.65 Å². The molecule has 1 aliphatic heterocycles. The van der Waals surface area contributed by atoms with Crippen molar-refractivity contribution in [1.82, 2.24) is 14.4 Å². The van der Waals surface area contributed by atoms with Crippen molar-refractivity contribution >= 4 is 23.4 Å². The van der Waals surface area contributed by atoms with Crippen molar-refractivity contribution in [3.63, 3.8) is 0 Å². The number of carbonyl (C=O) groups is 3. The summed E-state index contributed by atoms with van der Waals surface area (Å²) >= 11 is 0. The van der Waals surface area contributed by atoms with E-state index in [0.29, 0.717) is 5.06 Å². The molecule has 10 heteroatoms. The number of fused-ring (bicyclic) bond motifs is 2. The van der Waals surface area contributed by atoms with E-state index in [2.05, 4.69) is 4.98 Å². The van der Waals surface area contributed by atoms with Crippen LogP contribution in [0.3, 0.4) is 0 Å². The van der Waals surface area contributed by atoms with Crippen molar-refractivity contribution < 1.29 is 32.4 Å². The summed E-state index contributed by atoms with van der Waals surface area (Å²) in [4.78, 5) is 44.9. The van der Waals surface area contributed by atoms with E-state index < -0.39 is 29.7 Å². The third kappa shape index (κ3) is 2.71. The SMILES string of the molecule is O=C(ON1C(=O)c2ccccc2C1=O)c1ccn2cc(C(F)(F)F)nc2c1. The quantitative estimate of drug-likeness (QED) is 0.644. The van der Waals surface area contributed by atoms with Gasteiger partial charge in [-0.3, -0.25) is 9.59 Å². The fraction of sp³-hybridized carbons (Fsp3) is 0.0588. The van der Waals surface area contributed by atoms with Crippen LogP contribution in [0.1, 0.15) is 36.8 Å². The average Bonchev–Trinajstić information content (AvgIpc) is 3.17. The second kappa shape index (κ2) is 5.66. The molecule has 2 aromatic heterocycles. The summed E-state index contributed by atoms with van der Waals surface area (Å²) in [5.74, 6) is -2.68. The molecule has 0 bridgehead atoms. The molecule has 0 unspecified atom stereocenters. The molecule has 0 radical (unpaired) electrons. The summed E-state index contributed by atoms with van der Waals surface area (Å²) in [5.41, 5.74) is -1.24. The van der Waals surface area contributed by atoms with Crippen LogP contribution in [0.15, 0.2) is 48.8 Å². The van der Waals surface area contributed by atoms with Crippen LogP contribution in [0.4, 0.5) is 13.2 Å². The van der Waals surface area contributed by atoms with E-state index in [1.165, 1.54) is 24.4 Å². The van der Waals surface area contributed by atoms with Gasteiger partial charge in [0, 0.05) is 12.4 Å². The first-order valence-corrected chi connectivity index (χ1v) is 7.52. The molecule has 0 saturated carbocycles. The number of hydroxylamine groups is 2. The molecule has 0 saturated heterocycles. The molecular weight excluding hydrogens is 367 g/mol. The molecule has 2 amide bonds. The Balaban J connectivity index is 1.60. The number of aromatic nitrogens is 2. The van der Waals surface area contributed by atoms with Crippen molar-refractivity contribution in [1.29, 1.82) is 0 Å². The highest BCUT2D eigenvalue weighted by Crippen LogP contribution is 2.29. The van der Waals surface area contributed by atoms with Crippen molar-refractivity contribution in [3.05, 3.63) is 71.2 Å². The van der Waals surface area contributed by atoms with E-state index in [9.17, 15) is 27.6 Å². The third-order valence-corrected chi connectivity index (χ3v) is 3.92. The fourth-order valence-corrected chi connectivity index (χ4v) is 2.63. The zero-order valence-electron chi connectivity index (χ0n) is 13.2. The number of rotatable bonds is 2. The van der Waals surface area contributed by atoms with Crippen molar-refractivity contribution in [2.75, 3.05) is 0 Å². The maximum atomic E-state index is 12.7. The van der Waals surface area contributed by atoms with Gasteiger partial charge in [-0.2, -0.15) is 13.2 Å². The maximum Gasteiger partial charge on any atom is 0.434 e. The van der Waals surface area contributed by atoms with Crippen LogP contribution in [0, 0.1) is 0 Å². The van der Waals surface area contributed by atoms with Gasteiger partial charge in [0.05, 0.1) is 16.7 Å². The Morgan fingerprint density at radius 2 is 1.67 bits per heavy atom. The zero-order valence-corrected chi connectivity index (χ0v) is 13.2. The highest BCUT2D eigenvalue weighted by Gasteiger charge is 2.39. The zero-order chi connectivity index (χ0) is 19.3. The van der Waals surface area contributed by atoms with Gasteiger partial charge in [0.15, 0.2) is 5.69 Å². The molecule has 0 spiro atoms. The summed E-state index contributed by atoms with van der Waals surface area (Å²) in [6, 6.07) is 8.20. The van der Waals surface area contributed by atoms with E-state index >= 15 is 0 Å². The topological polar surface area (TPSA) is 81.0 Å². The minimum absolute atomic E-state index is 0.0915. The van der Waals surface area contributed by atoms with Crippen molar-refractivity contribution in [3.8, 4) is 0 Å². The van der Waals surface area contributed by atoms with Crippen LogP contribution in [0.2, 0.25) is 0 Å². The molecule has 7 nitrogen and oxygen atoms in total. The number of imide groups is 1. The van der Waals surface area contributed by atoms with Gasteiger partial charge in [-0.05, 0) is 24.3 Å². The number of imidazole rings is 1. The number of carbonyl (C=O) groups excluding carboxylic acids is 3. The molecule has 0 atom stereocenters. The molecule has 136 valence electrons. The number of halogens is 3. The molecule has 3 heterocycles. The van der Waals surface area contributed by atoms with Crippen LogP contribution in [0.5, 0.6) is 0 Å². The molecule has 0 aliphatic carbocycles. The lowest BCUT2D eigenvalue weighted by atomic mass is 10.1. The predicted octanol–water partition coefficient (Wildman–Crippen LogP) is 2.72. The van der Waals surface area contributed by atoms with Crippen LogP contribution in [-0.2, 0) is 11.0 Å². The van der Waals surface area contributed by atoms with E-state index in [1.807, 2.05) is 0 Å². The fourth-order valence-electron chi connectivity index (χ4n) is 2.63. The number of hydrogen-bond acceptors (Lipinski definition) is 5.